The van der Waals surface area contributed by atoms with E-state index in [1.54, 1.807) is 36.8 Å². The molecule has 19 heavy (non-hydrogen) atoms. The van der Waals surface area contributed by atoms with Crippen molar-refractivity contribution >= 4 is 23.5 Å². The molecule has 0 saturated heterocycles. The summed E-state index contributed by atoms with van der Waals surface area (Å²) in [6.45, 7) is 1.98. The Kier molecular flexibility index (Phi) is 4.53. The summed E-state index contributed by atoms with van der Waals surface area (Å²) in [7, 11) is 0. The molecule has 3 nitrogen and oxygen atoms in total. The van der Waals surface area contributed by atoms with Crippen LogP contribution in [0.5, 0.6) is 0 Å². The fourth-order valence-corrected chi connectivity index (χ4v) is 2.00. The lowest BCUT2D eigenvalue weighted by atomic mass is 10.1. The second-order valence-electron chi connectivity index (χ2n) is 4.22. The van der Waals surface area contributed by atoms with Gasteiger partial charge in [0.15, 0.2) is 5.78 Å². The zero-order chi connectivity index (χ0) is 13.7. The van der Waals surface area contributed by atoms with E-state index >= 15 is 0 Å². The maximum atomic E-state index is 12.2. The first-order valence-corrected chi connectivity index (χ1v) is 6.53. The Morgan fingerprint density at radius 1 is 1.42 bits per heavy atom. The molecule has 2 rings (SSSR count). The molecule has 2 aromatic rings. The predicted molar refractivity (Wildman–Crippen MR) is 77.0 cm³/mol. The van der Waals surface area contributed by atoms with Gasteiger partial charge in [0.2, 0.25) is 0 Å². The van der Waals surface area contributed by atoms with E-state index in [4.69, 9.17) is 11.6 Å². The van der Waals surface area contributed by atoms with Gasteiger partial charge in [0, 0.05) is 17.4 Å². The van der Waals surface area contributed by atoms with Crippen LogP contribution in [0.3, 0.4) is 0 Å². The minimum Gasteiger partial charge on any atom is -0.327 e. The summed E-state index contributed by atoms with van der Waals surface area (Å²) in [4.78, 5) is 16.1. The molecule has 0 aliphatic heterocycles. The molecule has 0 aliphatic carbocycles. The number of ketones is 1. The SMILES string of the molecule is CCC(C(=O)C=Cc1ccc(Cl)cc1)n1ccnc1. The van der Waals surface area contributed by atoms with Crippen LogP contribution < -0.4 is 0 Å². The van der Waals surface area contributed by atoms with E-state index in [0.29, 0.717) is 5.02 Å². The highest BCUT2D eigenvalue weighted by molar-refractivity contribution is 6.30. The number of hydrogen-bond donors (Lipinski definition) is 0. The van der Waals surface area contributed by atoms with Crippen molar-refractivity contribution in [2.75, 3.05) is 0 Å². The van der Waals surface area contributed by atoms with Gasteiger partial charge in [-0.05, 0) is 30.2 Å². The molecule has 1 atom stereocenters. The van der Waals surface area contributed by atoms with Crippen molar-refractivity contribution in [1.82, 2.24) is 9.55 Å². The molecule has 0 amide bonds. The zero-order valence-electron chi connectivity index (χ0n) is 10.7. The monoisotopic (exact) mass is 274 g/mol. The lowest BCUT2D eigenvalue weighted by Crippen LogP contribution is -2.15. The molecule has 1 unspecified atom stereocenters. The summed E-state index contributed by atoms with van der Waals surface area (Å²) in [6, 6.07) is 7.18. The van der Waals surface area contributed by atoms with E-state index in [0.717, 1.165) is 12.0 Å². The summed E-state index contributed by atoms with van der Waals surface area (Å²) >= 11 is 5.81. The Morgan fingerprint density at radius 3 is 2.74 bits per heavy atom. The Hall–Kier alpha value is -1.87. The lowest BCUT2D eigenvalue weighted by Gasteiger charge is -2.12. The highest BCUT2D eigenvalue weighted by Gasteiger charge is 2.14. The predicted octanol–water partition coefficient (Wildman–Crippen LogP) is 3.77. The summed E-state index contributed by atoms with van der Waals surface area (Å²) in [5.41, 5.74) is 0.957. The number of imidazole rings is 1. The summed E-state index contributed by atoms with van der Waals surface area (Å²) in [5.74, 6) is 0.0652. The Bertz CT molecular complexity index is 558. The molecule has 1 heterocycles. The largest absolute Gasteiger partial charge is 0.327 e. The van der Waals surface area contributed by atoms with Gasteiger partial charge >= 0.3 is 0 Å². The van der Waals surface area contributed by atoms with Crippen LogP contribution in [0, 0.1) is 0 Å². The summed E-state index contributed by atoms with van der Waals surface area (Å²) in [6.07, 6.45) is 9.30. The van der Waals surface area contributed by atoms with Crippen molar-refractivity contribution in [3.05, 3.63) is 59.6 Å². The van der Waals surface area contributed by atoms with E-state index in [1.807, 2.05) is 29.8 Å². The topological polar surface area (TPSA) is 34.9 Å². The Morgan fingerprint density at radius 2 is 2.16 bits per heavy atom. The molecular formula is C15H15ClN2O. The van der Waals surface area contributed by atoms with E-state index in [-0.39, 0.29) is 11.8 Å². The quantitative estimate of drug-likeness (QED) is 0.778. The third kappa shape index (κ3) is 3.55. The molecule has 1 aromatic heterocycles. The highest BCUT2D eigenvalue weighted by atomic mass is 35.5. The molecule has 0 spiro atoms. The number of hydrogen-bond acceptors (Lipinski definition) is 2. The molecule has 0 radical (unpaired) electrons. The third-order valence-corrected chi connectivity index (χ3v) is 3.16. The van der Waals surface area contributed by atoms with Crippen LogP contribution >= 0.6 is 11.6 Å². The average molecular weight is 275 g/mol. The van der Waals surface area contributed by atoms with Crippen molar-refractivity contribution in [3.63, 3.8) is 0 Å². The van der Waals surface area contributed by atoms with Crippen LogP contribution in [-0.2, 0) is 4.79 Å². The van der Waals surface area contributed by atoms with Crippen LogP contribution in [0.2, 0.25) is 5.02 Å². The van der Waals surface area contributed by atoms with Gasteiger partial charge in [-0.25, -0.2) is 4.98 Å². The van der Waals surface area contributed by atoms with Gasteiger partial charge in [-0.15, -0.1) is 0 Å². The van der Waals surface area contributed by atoms with E-state index in [9.17, 15) is 4.79 Å². The second kappa shape index (κ2) is 6.34. The maximum absolute atomic E-state index is 12.2. The van der Waals surface area contributed by atoms with Gasteiger partial charge in [-0.2, -0.15) is 0 Å². The molecule has 0 saturated carbocycles. The van der Waals surface area contributed by atoms with Crippen LogP contribution in [0.1, 0.15) is 24.9 Å². The fraction of sp³-hybridized carbons (Fsp3) is 0.200. The fourth-order valence-electron chi connectivity index (χ4n) is 1.88. The standard InChI is InChI=1S/C15H15ClN2O/c1-2-14(18-10-9-17-11-18)15(19)8-5-12-3-6-13(16)7-4-12/h3-11,14H,2H2,1H3. The van der Waals surface area contributed by atoms with Crippen LogP contribution in [0.4, 0.5) is 0 Å². The molecule has 0 N–H and O–H groups in total. The number of carbonyl (C=O) groups excluding carboxylic acids is 1. The normalized spacial score (nSPS) is 12.7. The number of carbonyl (C=O) groups is 1. The molecule has 4 heteroatoms. The van der Waals surface area contributed by atoms with E-state index in [1.165, 1.54) is 0 Å². The zero-order valence-corrected chi connectivity index (χ0v) is 11.4. The first kappa shape index (κ1) is 13.6. The van der Waals surface area contributed by atoms with Crippen molar-refractivity contribution in [1.29, 1.82) is 0 Å². The van der Waals surface area contributed by atoms with Gasteiger partial charge < -0.3 is 4.57 Å². The number of allylic oxidation sites excluding steroid dienone is 1. The van der Waals surface area contributed by atoms with Gasteiger partial charge in [0.05, 0.1) is 12.4 Å². The van der Waals surface area contributed by atoms with E-state index < -0.39 is 0 Å². The van der Waals surface area contributed by atoms with Crippen LogP contribution in [-0.4, -0.2) is 15.3 Å². The van der Waals surface area contributed by atoms with Crippen molar-refractivity contribution in [2.45, 2.75) is 19.4 Å². The first-order chi connectivity index (χ1) is 9.20. The molecule has 98 valence electrons. The Balaban J connectivity index is 2.09. The smallest absolute Gasteiger partial charge is 0.178 e. The summed E-state index contributed by atoms with van der Waals surface area (Å²) < 4.78 is 1.83. The minimum absolute atomic E-state index is 0.0652. The third-order valence-electron chi connectivity index (χ3n) is 2.91. The van der Waals surface area contributed by atoms with Gasteiger partial charge in [-0.1, -0.05) is 36.7 Å². The van der Waals surface area contributed by atoms with Gasteiger partial charge in [-0.3, -0.25) is 4.79 Å². The van der Waals surface area contributed by atoms with E-state index in [2.05, 4.69) is 4.98 Å². The summed E-state index contributed by atoms with van der Waals surface area (Å²) in [5, 5.41) is 0.688. The van der Waals surface area contributed by atoms with Gasteiger partial charge in [0.1, 0.15) is 0 Å². The van der Waals surface area contributed by atoms with Crippen molar-refractivity contribution in [2.24, 2.45) is 0 Å². The molecule has 0 aliphatic rings. The first-order valence-electron chi connectivity index (χ1n) is 6.15. The number of nitrogens with zero attached hydrogens (tertiary/aromatic N) is 2. The molecule has 0 bridgehead atoms. The number of rotatable bonds is 5. The van der Waals surface area contributed by atoms with Crippen LogP contribution in [0.25, 0.3) is 6.08 Å². The Labute approximate surface area is 117 Å². The maximum Gasteiger partial charge on any atom is 0.178 e. The number of aromatic nitrogens is 2. The van der Waals surface area contributed by atoms with Crippen LogP contribution in [0.15, 0.2) is 49.1 Å². The minimum atomic E-state index is -0.189. The molecule has 1 aromatic carbocycles. The highest BCUT2D eigenvalue weighted by Crippen LogP contribution is 2.15. The average Bonchev–Trinajstić information content (AvgIpc) is 2.93. The number of benzene rings is 1. The number of halogens is 1. The van der Waals surface area contributed by atoms with Crippen molar-refractivity contribution < 1.29 is 4.79 Å². The van der Waals surface area contributed by atoms with Gasteiger partial charge in [0.25, 0.3) is 0 Å². The second-order valence-corrected chi connectivity index (χ2v) is 4.66. The van der Waals surface area contributed by atoms with Crippen molar-refractivity contribution in [3.8, 4) is 0 Å². The molecular weight excluding hydrogens is 260 g/mol. The lowest BCUT2D eigenvalue weighted by molar-refractivity contribution is -0.117. The molecule has 0 fully saturated rings.